The summed E-state index contributed by atoms with van der Waals surface area (Å²) in [4.78, 5) is 3.17. The lowest BCUT2D eigenvalue weighted by Gasteiger charge is -2.25. The molecule has 1 heterocycles. The van der Waals surface area contributed by atoms with E-state index in [2.05, 4.69) is 14.7 Å². The number of rotatable bonds is 4. The first kappa shape index (κ1) is 21.3. The number of hydrogen-bond donors (Lipinski definition) is 0. The Morgan fingerprint density at radius 3 is 2.11 bits per heavy atom. The molecule has 0 aliphatic carbocycles. The summed E-state index contributed by atoms with van der Waals surface area (Å²) in [5.41, 5.74) is -2.98. The molecule has 2 rings (SSSR count). The van der Waals surface area contributed by atoms with Crippen molar-refractivity contribution in [2.75, 3.05) is 11.4 Å². The standard InChI is InChI=1S/C14H7F9N4O/c15-12(16,17)6-27(5-10-25-11(28-26-10)14(21,22)23)8-2-1-7(4-24)9(3-8)13(18,19)20/h1-3H,5-6H2. The van der Waals surface area contributed by atoms with Crippen LogP contribution >= 0.6 is 0 Å². The molecule has 0 saturated heterocycles. The van der Waals surface area contributed by atoms with Gasteiger partial charge in [-0.05, 0) is 18.2 Å². The fraction of sp³-hybridized carbons (Fsp3) is 0.357. The van der Waals surface area contributed by atoms with Crippen LogP contribution in [0.4, 0.5) is 45.2 Å². The van der Waals surface area contributed by atoms with Crippen molar-refractivity contribution >= 4 is 5.69 Å². The van der Waals surface area contributed by atoms with Crippen LogP contribution in [0, 0.1) is 11.3 Å². The monoisotopic (exact) mass is 418 g/mol. The van der Waals surface area contributed by atoms with Crippen LogP contribution in [-0.2, 0) is 18.9 Å². The highest BCUT2D eigenvalue weighted by atomic mass is 19.4. The maximum absolute atomic E-state index is 13.0. The van der Waals surface area contributed by atoms with Gasteiger partial charge in [-0.1, -0.05) is 5.16 Å². The Morgan fingerprint density at radius 1 is 1.00 bits per heavy atom. The van der Waals surface area contributed by atoms with Crippen molar-refractivity contribution in [2.45, 2.75) is 25.1 Å². The Balaban J connectivity index is 2.44. The number of aromatic nitrogens is 2. The fourth-order valence-corrected chi connectivity index (χ4v) is 2.12. The van der Waals surface area contributed by atoms with Crippen molar-refractivity contribution in [3.8, 4) is 6.07 Å². The highest BCUT2D eigenvalue weighted by Gasteiger charge is 2.39. The number of anilines is 1. The van der Waals surface area contributed by atoms with Crippen LogP contribution in [0.5, 0.6) is 0 Å². The van der Waals surface area contributed by atoms with Gasteiger partial charge in [-0.25, -0.2) is 0 Å². The molecule has 5 nitrogen and oxygen atoms in total. The van der Waals surface area contributed by atoms with Crippen LogP contribution in [0.15, 0.2) is 22.7 Å². The van der Waals surface area contributed by atoms with Gasteiger partial charge in [-0.15, -0.1) is 0 Å². The molecule has 1 aromatic carbocycles. The van der Waals surface area contributed by atoms with Crippen molar-refractivity contribution in [1.82, 2.24) is 10.1 Å². The fourth-order valence-electron chi connectivity index (χ4n) is 2.12. The zero-order valence-corrected chi connectivity index (χ0v) is 13.2. The van der Waals surface area contributed by atoms with Crippen LogP contribution in [0.2, 0.25) is 0 Å². The topological polar surface area (TPSA) is 66.0 Å². The molecule has 14 heteroatoms. The Kier molecular flexibility index (Phi) is 5.49. The number of halogens is 9. The Hall–Kier alpha value is -2.98. The van der Waals surface area contributed by atoms with E-state index in [0.717, 1.165) is 6.07 Å². The van der Waals surface area contributed by atoms with Crippen LogP contribution in [0.25, 0.3) is 0 Å². The largest absolute Gasteiger partial charge is 0.471 e. The van der Waals surface area contributed by atoms with Gasteiger partial charge in [0, 0.05) is 5.69 Å². The van der Waals surface area contributed by atoms with Crippen LogP contribution in [0.3, 0.4) is 0 Å². The van der Waals surface area contributed by atoms with Gasteiger partial charge in [-0.3, -0.25) is 0 Å². The van der Waals surface area contributed by atoms with E-state index < -0.39 is 60.1 Å². The lowest BCUT2D eigenvalue weighted by atomic mass is 10.1. The van der Waals surface area contributed by atoms with Gasteiger partial charge in [0.05, 0.1) is 23.7 Å². The second-order valence-electron chi connectivity index (χ2n) is 5.32. The first-order chi connectivity index (χ1) is 12.7. The maximum atomic E-state index is 13.0. The third-order valence-electron chi connectivity index (χ3n) is 3.21. The van der Waals surface area contributed by atoms with Crippen LogP contribution < -0.4 is 4.90 Å². The van der Waals surface area contributed by atoms with Crippen LogP contribution in [-0.4, -0.2) is 22.9 Å². The first-order valence-electron chi connectivity index (χ1n) is 7.03. The molecule has 0 fully saturated rings. The van der Waals surface area contributed by atoms with Gasteiger partial charge in [0.15, 0.2) is 5.82 Å². The second kappa shape index (κ2) is 7.21. The lowest BCUT2D eigenvalue weighted by molar-refractivity contribution is -0.159. The van der Waals surface area contributed by atoms with Gasteiger partial charge in [0.1, 0.15) is 6.54 Å². The normalized spacial score (nSPS) is 12.7. The third-order valence-corrected chi connectivity index (χ3v) is 3.21. The molecular weight excluding hydrogens is 411 g/mol. The predicted molar refractivity (Wildman–Crippen MR) is 72.6 cm³/mol. The van der Waals surface area contributed by atoms with E-state index in [9.17, 15) is 39.5 Å². The third kappa shape index (κ3) is 5.27. The molecule has 0 saturated carbocycles. The summed E-state index contributed by atoms with van der Waals surface area (Å²) in [5.74, 6) is -2.64. The van der Waals surface area contributed by atoms with Crippen molar-refractivity contribution < 1.29 is 44.0 Å². The Bertz CT molecular complexity index is 877. The molecule has 0 spiro atoms. The zero-order chi connectivity index (χ0) is 21.3. The molecule has 0 amide bonds. The molecule has 152 valence electrons. The number of benzene rings is 1. The average Bonchev–Trinajstić information content (AvgIpc) is 3.00. The SMILES string of the molecule is N#Cc1ccc(N(Cc2noc(C(F)(F)F)n2)CC(F)(F)F)cc1C(F)(F)F. The van der Waals surface area contributed by atoms with E-state index in [-0.39, 0.29) is 11.0 Å². The minimum absolute atomic E-state index is 0.279. The molecule has 0 radical (unpaired) electrons. The molecular formula is C14H7F9N4O. The molecule has 0 atom stereocenters. The summed E-state index contributed by atoms with van der Waals surface area (Å²) in [7, 11) is 0. The van der Waals surface area contributed by atoms with E-state index in [4.69, 9.17) is 5.26 Å². The van der Waals surface area contributed by atoms with Crippen molar-refractivity contribution in [2.24, 2.45) is 0 Å². The summed E-state index contributed by atoms with van der Waals surface area (Å²) in [6, 6.07) is 3.00. The van der Waals surface area contributed by atoms with E-state index in [1.54, 1.807) is 0 Å². The summed E-state index contributed by atoms with van der Waals surface area (Å²) < 4.78 is 119. The van der Waals surface area contributed by atoms with Crippen molar-refractivity contribution in [3.05, 3.63) is 41.0 Å². The van der Waals surface area contributed by atoms with Crippen LogP contribution in [0.1, 0.15) is 22.8 Å². The van der Waals surface area contributed by atoms with E-state index in [0.29, 0.717) is 6.07 Å². The molecule has 0 aliphatic rings. The van der Waals surface area contributed by atoms with Gasteiger partial charge < -0.3 is 9.42 Å². The highest BCUT2D eigenvalue weighted by molar-refractivity contribution is 5.55. The highest BCUT2D eigenvalue weighted by Crippen LogP contribution is 2.35. The average molecular weight is 418 g/mol. The zero-order valence-electron chi connectivity index (χ0n) is 13.2. The Labute approximate surface area is 150 Å². The van der Waals surface area contributed by atoms with Gasteiger partial charge in [-0.2, -0.15) is 49.8 Å². The lowest BCUT2D eigenvalue weighted by Crippen LogP contribution is -2.34. The van der Waals surface area contributed by atoms with Crippen molar-refractivity contribution in [3.63, 3.8) is 0 Å². The smallest absolute Gasteiger partial charge is 0.355 e. The molecule has 2 aromatic rings. The van der Waals surface area contributed by atoms with E-state index in [1.807, 2.05) is 0 Å². The minimum atomic E-state index is -5.04. The van der Waals surface area contributed by atoms with Gasteiger partial charge >= 0.3 is 24.4 Å². The number of nitrogens with zero attached hydrogens (tertiary/aromatic N) is 4. The molecule has 0 aliphatic heterocycles. The van der Waals surface area contributed by atoms with E-state index >= 15 is 0 Å². The molecule has 0 unspecified atom stereocenters. The summed E-state index contributed by atoms with van der Waals surface area (Å²) >= 11 is 0. The maximum Gasteiger partial charge on any atom is 0.471 e. The van der Waals surface area contributed by atoms with Crippen molar-refractivity contribution in [1.29, 1.82) is 5.26 Å². The molecule has 28 heavy (non-hydrogen) atoms. The summed E-state index contributed by atoms with van der Waals surface area (Å²) in [5, 5.41) is 11.6. The summed E-state index contributed by atoms with van der Waals surface area (Å²) in [6.07, 6.45) is -15.0. The number of alkyl halides is 9. The predicted octanol–water partition coefficient (Wildman–Crippen LogP) is 4.55. The number of hydrogen-bond acceptors (Lipinski definition) is 5. The molecule has 0 N–H and O–H groups in total. The van der Waals surface area contributed by atoms with E-state index in [1.165, 1.54) is 6.07 Å². The summed E-state index contributed by atoms with van der Waals surface area (Å²) in [6.45, 7) is -2.84. The second-order valence-corrected chi connectivity index (χ2v) is 5.32. The number of nitriles is 1. The minimum Gasteiger partial charge on any atom is -0.355 e. The first-order valence-corrected chi connectivity index (χ1v) is 7.03. The van der Waals surface area contributed by atoms with Gasteiger partial charge in [0.2, 0.25) is 0 Å². The molecule has 1 aromatic heterocycles. The van der Waals surface area contributed by atoms with Gasteiger partial charge in [0.25, 0.3) is 0 Å². The molecule has 0 bridgehead atoms. The Morgan fingerprint density at radius 2 is 1.64 bits per heavy atom. The quantitative estimate of drug-likeness (QED) is 0.682.